The van der Waals surface area contributed by atoms with E-state index in [0.717, 1.165) is 47.2 Å². The topological polar surface area (TPSA) is 53.5 Å². The van der Waals surface area contributed by atoms with E-state index in [1.54, 1.807) is 7.11 Å². The highest BCUT2D eigenvalue weighted by atomic mass is 35.5. The van der Waals surface area contributed by atoms with Crippen LogP contribution in [-0.4, -0.2) is 39.5 Å². The maximum absolute atomic E-state index is 5.97. The molecule has 1 heterocycles. The molecule has 0 bridgehead atoms. The Morgan fingerprint density at radius 1 is 0.900 bits per heavy atom. The van der Waals surface area contributed by atoms with E-state index in [9.17, 15) is 0 Å². The monoisotopic (exact) mass is 427 g/mol. The third-order valence-corrected chi connectivity index (χ3v) is 4.85. The minimum absolute atomic E-state index is 0. The summed E-state index contributed by atoms with van der Waals surface area (Å²) in [6.45, 7) is 2.81. The molecule has 0 spiro atoms. The molecule has 3 aromatic rings. The van der Waals surface area contributed by atoms with Gasteiger partial charge in [0.2, 0.25) is 0 Å². The van der Waals surface area contributed by atoms with Crippen molar-refractivity contribution in [1.82, 2.24) is 0 Å². The van der Waals surface area contributed by atoms with Crippen LogP contribution >= 0.6 is 0 Å². The number of fused-ring (bicyclic) bond motifs is 1. The average Bonchev–Trinajstić information content (AvgIpc) is 2.79. The molecule has 2 N–H and O–H groups in total. The Bertz CT molecular complexity index is 935. The minimum atomic E-state index is 0. The van der Waals surface area contributed by atoms with Crippen LogP contribution in [-0.2, 0) is 0 Å². The summed E-state index contributed by atoms with van der Waals surface area (Å²) < 4.78 is 23.2. The van der Waals surface area contributed by atoms with Gasteiger partial charge in [-0.3, -0.25) is 0 Å². The second-order valence-corrected chi connectivity index (χ2v) is 6.89. The van der Waals surface area contributed by atoms with Crippen LogP contribution in [0.1, 0.15) is 0 Å². The summed E-state index contributed by atoms with van der Waals surface area (Å²) in [5, 5.41) is 2.19. The number of ether oxygens (including phenoxy) is 4. The molecule has 0 radical (unpaired) electrons. The Balaban J connectivity index is 0.00000256. The van der Waals surface area contributed by atoms with Crippen molar-refractivity contribution in [2.45, 2.75) is 6.10 Å². The first-order valence-corrected chi connectivity index (χ1v) is 9.90. The molecule has 0 amide bonds. The van der Waals surface area contributed by atoms with Gasteiger partial charge in [-0.1, -0.05) is 48.5 Å². The van der Waals surface area contributed by atoms with E-state index >= 15 is 0 Å². The smallest absolute Gasteiger partial charge is 0.181 e. The maximum Gasteiger partial charge on any atom is 0.181 e. The van der Waals surface area contributed by atoms with Gasteiger partial charge in [-0.15, -0.1) is 0 Å². The molecule has 0 unspecified atom stereocenters. The van der Waals surface area contributed by atoms with Crippen molar-refractivity contribution < 1.29 is 36.7 Å². The lowest BCUT2D eigenvalue weighted by atomic mass is 10.1. The molecule has 3 aromatic carbocycles. The van der Waals surface area contributed by atoms with Crippen LogP contribution in [0.3, 0.4) is 0 Å². The number of benzene rings is 3. The van der Waals surface area contributed by atoms with Gasteiger partial charge in [0.05, 0.1) is 7.11 Å². The molecule has 1 aliphatic heterocycles. The lowest BCUT2D eigenvalue weighted by molar-refractivity contribution is -0.661. The summed E-state index contributed by atoms with van der Waals surface area (Å²) in [5.41, 5.74) is 2.26. The molecular weight excluding hydrogens is 402 g/mol. The van der Waals surface area contributed by atoms with Crippen LogP contribution in [0, 0.1) is 0 Å². The lowest BCUT2D eigenvalue weighted by Crippen LogP contribution is -3.00. The predicted molar refractivity (Wildman–Crippen MR) is 112 cm³/mol. The summed E-state index contributed by atoms with van der Waals surface area (Å²) in [6.07, 6.45) is 0.0459. The molecule has 0 fully saturated rings. The van der Waals surface area contributed by atoms with Crippen molar-refractivity contribution in [3.63, 3.8) is 0 Å². The van der Waals surface area contributed by atoms with Gasteiger partial charge in [-0.2, -0.15) is 0 Å². The number of para-hydroxylation sites is 2. The predicted octanol–water partition coefficient (Wildman–Crippen LogP) is 0.148. The Hall–Kier alpha value is -2.89. The van der Waals surface area contributed by atoms with E-state index < -0.39 is 0 Å². The first kappa shape index (κ1) is 21.8. The zero-order valence-corrected chi connectivity index (χ0v) is 17.7. The third kappa shape index (κ3) is 5.38. The van der Waals surface area contributed by atoms with Crippen molar-refractivity contribution in [3.05, 3.63) is 72.8 Å². The van der Waals surface area contributed by atoms with Crippen LogP contribution in [0.2, 0.25) is 0 Å². The molecule has 1 atom stereocenters. The van der Waals surface area contributed by atoms with Crippen LogP contribution in [0.4, 0.5) is 0 Å². The molecule has 5 nitrogen and oxygen atoms in total. The lowest BCUT2D eigenvalue weighted by Gasteiger charge is -2.25. The second kappa shape index (κ2) is 10.8. The van der Waals surface area contributed by atoms with Crippen LogP contribution in [0.5, 0.6) is 23.0 Å². The summed E-state index contributed by atoms with van der Waals surface area (Å²) in [4.78, 5) is 0. The van der Waals surface area contributed by atoms with Crippen LogP contribution < -0.4 is 36.7 Å². The number of quaternary nitrogens is 1. The quantitative estimate of drug-likeness (QED) is 0.520. The van der Waals surface area contributed by atoms with Crippen molar-refractivity contribution >= 4 is 0 Å². The van der Waals surface area contributed by atoms with E-state index in [1.165, 1.54) is 0 Å². The van der Waals surface area contributed by atoms with Crippen molar-refractivity contribution in [2.24, 2.45) is 0 Å². The normalized spacial score (nSPS) is 14.5. The van der Waals surface area contributed by atoms with E-state index in [-0.39, 0.29) is 18.5 Å². The van der Waals surface area contributed by atoms with Gasteiger partial charge in [0, 0.05) is 0 Å². The minimum Gasteiger partial charge on any atom is -1.00 e. The van der Waals surface area contributed by atoms with Crippen molar-refractivity contribution in [3.8, 4) is 34.1 Å². The fourth-order valence-electron chi connectivity index (χ4n) is 3.33. The largest absolute Gasteiger partial charge is 1.00 e. The molecule has 1 aliphatic rings. The van der Waals surface area contributed by atoms with Crippen molar-refractivity contribution in [2.75, 3.05) is 33.4 Å². The van der Waals surface area contributed by atoms with Crippen LogP contribution in [0.15, 0.2) is 72.8 Å². The van der Waals surface area contributed by atoms with Crippen molar-refractivity contribution in [1.29, 1.82) is 0 Å². The summed E-state index contributed by atoms with van der Waals surface area (Å²) in [7, 11) is 1.67. The summed E-state index contributed by atoms with van der Waals surface area (Å²) >= 11 is 0. The number of nitrogens with two attached hydrogens (primary N) is 1. The molecule has 158 valence electrons. The highest BCUT2D eigenvalue weighted by Crippen LogP contribution is 2.32. The Labute approximate surface area is 183 Å². The number of rotatable bonds is 8. The number of methoxy groups -OCH3 is 1. The van der Waals surface area contributed by atoms with Gasteiger partial charge in [-0.25, -0.2) is 0 Å². The van der Waals surface area contributed by atoms with Gasteiger partial charge in [-0.05, 0) is 35.4 Å². The molecule has 0 aliphatic carbocycles. The Morgan fingerprint density at radius 3 is 2.47 bits per heavy atom. The van der Waals surface area contributed by atoms with E-state index in [4.69, 9.17) is 18.9 Å². The van der Waals surface area contributed by atoms with Gasteiger partial charge in [0.15, 0.2) is 29.1 Å². The highest BCUT2D eigenvalue weighted by Gasteiger charge is 2.21. The zero-order valence-electron chi connectivity index (χ0n) is 16.9. The molecule has 0 saturated carbocycles. The maximum atomic E-state index is 5.97. The number of hydrogen-bond acceptors (Lipinski definition) is 4. The Morgan fingerprint density at radius 2 is 1.67 bits per heavy atom. The van der Waals surface area contributed by atoms with Gasteiger partial charge >= 0.3 is 0 Å². The summed E-state index contributed by atoms with van der Waals surface area (Å²) in [5.74, 6) is 3.13. The molecular formula is C24H26ClNO4. The average molecular weight is 428 g/mol. The Kier molecular flexibility index (Phi) is 7.82. The fourth-order valence-corrected chi connectivity index (χ4v) is 3.33. The van der Waals surface area contributed by atoms with Crippen LogP contribution in [0.25, 0.3) is 11.1 Å². The standard InChI is InChI=1S/C24H25NO4.ClH/c1-26-24-15-19(18-7-3-2-4-8-18)11-12-22(24)27-14-13-25-16-20-17-28-21-9-5-6-10-23(21)29-20;/h2-12,15,20,25H,13-14,16-17H2,1H3;1H/t20-;/m1./s1. The summed E-state index contributed by atoms with van der Waals surface area (Å²) in [6, 6.07) is 24.1. The molecule has 6 heteroatoms. The highest BCUT2D eigenvalue weighted by molar-refractivity contribution is 5.67. The molecule has 0 saturated heterocycles. The molecule has 4 rings (SSSR count). The van der Waals surface area contributed by atoms with E-state index in [1.807, 2.05) is 54.6 Å². The SMILES string of the molecule is COc1cc(-c2ccccc2)ccc1OCC[NH2+]C[C@@H]1COc2ccccc2O1.[Cl-]. The van der Waals surface area contributed by atoms with Gasteiger partial charge < -0.3 is 36.7 Å². The third-order valence-electron chi connectivity index (χ3n) is 4.85. The first-order chi connectivity index (χ1) is 14.3. The number of halogens is 1. The second-order valence-electron chi connectivity index (χ2n) is 6.89. The van der Waals surface area contributed by atoms with Gasteiger partial charge in [0.1, 0.15) is 26.3 Å². The van der Waals surface area contributed by atoms with E-state index in [0.29, 0.717) is 13.2 Å². The first-order valence-electron chi connectivity index (χ1n) is 9.90. The molecule has 0 aromatic heterocycles. The van der Waals surface area contributed by atoms with Gasteiger partial charge in [0.25, 0.3) is 0 Å². The molecule has 30 heavy (non-hydrogen) atoms. The fraction of sp³-hybridized carbons (Fsp3) is 0.250. The number of hydrogen-bond donors (Lipinski definition) is 1. The zero-order chi connectivity index (χ0) is 19.9. The van der Waals surface area contributed by atoms with E-state index in [2.05, 4.69) is 23.5 Å².